The molecular weight excluding hydrogens is 562 g/mol. The molecule has 3 aromatic carbocycles. The van der Waals surface area contributed by atoms with Gasteiger partial charge in [0.15, 0.2) is 22.5 Å². The summed E-state index contributed by atoms with van der Waals surface area (Å²) in [6.07, 6.45) is 1.45. The molecule has 13 heteroatoms. The lowest BCUT2D eigenvalue weighted by molar-refractivity contribution is -0.118. The summed E-state index contributed by atoms with van der Waals surface area (Å²) in [5, 5.41) is 13.4. The molecule has 0 aliphatic carbocycles. The van der Waals surface area contributed by atoms with E-state index in [4.69, 9.17) is 28.4 Å². The first-order valence-corrected chi connectivity index (χ1v) is 13.5. The minimum atomic E-state index is -0.348. The van der Waals surface area contributed by atoms with E-state index in [1.807, 2.05) is 34.9 Å². The molecule has 4 rings (SSSR count). The van der Waals surface area contributed by atoms with Crippen LogP contribution in [0.15, 0.2) is 64.9 Å². The number of nitrogens with one attached hydrogen (secondary N) is 1. The lowest BCUT2D eigenvalue weighted by atomic mass is 10.1. The molecule has 0 saturated heterocycles. The van der Waals surface area contributed by atoms with Crippen molar-refractivity contribution in [2.75, 3.05) is 48.4 Å². The highest BCUT2D eigenvalue weighted by molar-refractivity contribution is 7.99. The zero-order chi connectivity index (χ0) is 30.1. The summed E-state index contributed by atoms with van der Waals surface area (Å²) in [7, 11) is 9.23. The van der Waals surface area contributed by atoms with Crippen LogP contribution in [0.3, 0.4) is 0 Å². The van der Waals surface area contributed by atoms with Crippen molar-refractivity contribution in [2.45, 2.75) is 5.16 Å². The second kappa shape index (κ2) is 14.1. The summed E-state index contributed by atoms with van der Waals surface area (Å²) in [4.78, 5) is 12.7. The van der Waals surface area contributed by atoms with Crippen LogP contribution in [0.2, 0.25) is 0 Å². The Balaban J connectivity index is 1.58. The number of ether oxygens (including phenoxy) is 6. The number of hydrogen-bond acceptors (Lipinski definition) is 11. The van der Waals surface area contributed by atoms with Crippen LogP contribution in [0, 0.1) is 0 Å². The fourth-order valence-corrected chi connectivity index (χ4v) is 4.81. The minimum absolute atomic E-state index is 0.0223. The van der Waals surface area contributed by atoms with Gasteiger partial charge in [-0.3, -0.25) is 9.36 Å². The van der Waals surface area contributed by atoms with Crippen LogP contribution in [-0.2, 0) is 4.79 Å². The van der Waals surface area contributed by atoms with E-state index in [1.54, 1.807) is 52.7 Å². The molecule has 220 valence electrons. The van der Waals surface area contributed by atoms with E-state index in [0.29, 0.717) is 56.6 Å². The van der Waals surface area contributed by atoms with Gasteiger partial charge in [-0.25, -0.2) is 5.43 Å². The van der Waals surface area contributed by atoms with Crippen LogP contribution in [-0.4, -0.2) is 75.3 Å². The molecule has 1 aromatic heterocycles. The molecule has 0 saturated carbocycles. The Hall–Kier alpha value is -4.91. The molecule has 4 aromatic rings. The zero-order valence-electron chi connectivity index (χ0n) is 24.0. The Kier molecular flexibility index (Phi) is 10.1. The van der Waals surface area contributed by atoms with Crippen molar-refractivity contribution in [3.63, 3.8) is 0 Å². The van der Waals surface area contributed by atoms with Crippen molar-refractivity contribution in [2.24, 2.45) is 5.10 Å². The molecule has 0 unspecified atom stereocenters. The molecule has 0 radical (unpaired) electrons. The van der Waals surface area contributed by atoms with Gasteiger partial charge in [-0.1, -0.05) is 30.0 Å². The smallest absolute Gasteiger partial charge is 0.250 e. The number of nitrogens with zero attached hydrogens (tertiary/aromatic N) is 4. The van der Waals surface area contributed by atoms with Crippen LogP contribution >= 0.6 is 11.8 Å². The highest BCUT2D eigenvalue weighted by Crippen LogP contribution is 2.41. The molecule has 1 amide bonds. The van der Waals surface area contributed by atoms with Gasteiger partial charge in [0.25, 0.3) is 5.91 Å². The summed E-state index contributed by atoms with van der Waals surface area (Å²) < 4.78 is 34.5. The van der Waals surface area contributed by atoms with E-state index in [9.17, 15) is 4.79 Å². The molecule has 0 fully saturated rings. The maximum absolute atomic E-state index is 12.7. The van der Waals surface area contributed by atoms with Gasteiger partial charge in [-0.2, -0.15) is 5.10 Å². The second-order valence-corrected chi connectivity index (χ2v) is 9.36. The highest BCUT2D eigenvalue weighted by Gasteiger charge is 2.21. The number of benzene rings is 3. The van der Waals surface area contributed by atoms with Crippen LogP contribution < -0.4 is 33.8 Å². The van der Waals surface area contributed by atoms with Crippen molar-refractivity contribution >= 4 is 23.9 Å². The number of hydrogen-bond donors (Lipinski definition) is 1. The van der Waals surface area contributed by atoms with Gasteiger partial charge >= 0.3 is 0 Å². The van der Waals surface area contributed by atoms with Gasteiger partial charge in [0.1, 0.15) is 17.2 Å². The van der Waals surface area contributed by atoms with Gasteiger partial charge < -0.3 is 28.4 Å². The third kappa shape index (κ3) is 6.52. The average Bonchev–Trinajstić information content (AvgIpc) is 3.47. The fraction of sp³-hybridized carbons (Fsp3) is 0.241. The summed E-state index contributed by atoms with van der Waals surface area (Å²) in [6, 6.07) is 16.6. The van der Waals surface area contributed by atoms with Gasteiger partial charge in [0.05, 0.1) is 60.2 Å². The summed E-state index contributed by atoms with van der Waals surface area (Å²) in [5.41, 5.74) is 4.58. The Labute approximate surface area is 247 Å². The van der Waals surface area contributed by atoms with Crippen molar-refractivity contribution in [1.29, 1.82) is 0 Å². The van der Waals surface area contributed by atoms with Crippen LogP contribution in [0.5, 0.6) is 34.5 Å². The van der Waals surface area contributed by atoms with Crippen molar-refractivity contribution in [3.05, 3.63) is 60.2 Å². The van der Waals surface area contributed by atoms with Crippen LogP contribution in [0.1, 0.15) is 5.56 Å². The van der Waals surface area contributed by atoms with Crippen molar-refractivity contribution in [1.82, 2.24) is 20.2 Å². The number of para-hydroxylation sites is 1. The van der Waals surface area contributed by atoms with E-state index in [-0.39, 0.29) is 11.7 Å². The third-order valence-electron chi connectivity index (χ3n) is 6.04. The predicted molar refractivity (Wildman–Crippen MR) is 159 cm³/mol. The SMILES string of the molecule is COc1cc(OC)c(/C=N/NC(=O)CSc2nnc(-c3cc(OC)c(OC)c(OC)c3)n2-c2ccccc2)c(OC)c1. The maximum atomic E-state index is 12.7. The Bertz CT molecular complexity index is 1510. The largest absolute Gasteiger partial charge is 0.496 e. The van der Waals surface area contributed by atoms with Crippen LogP contribution in [0.4, 0.5) is 0 Å². The summed E-state index contributed by atoms with van der Waals surface area (Å²) in [5.74, 6) is 3.15. The number of methoxy groups -OCH3 is 6. The molecule has 42 heavy (non-hydrogen) atoms. The Morgan fingerprint density at radius 2 is 1.45 bits per heavy atom. The lowest BCUT2D eigenvalue weighted by Gasteiger charge is -2.15. The normalized spacial score (nSPS) is 10.8. The monoisotopic (exact) mass is 593 g/mol. The molecule has 12 nitrogen and oxygen atoms in total. The molecule has 0 atom stereocenters. The standard InChI is InChI=1S/C29H31N5O7S/c1-36-20-14-22(37-2)21(23(15-20)38-3)16-30-31-26(35)17-42-29-33-32-28(34(29)19-10-8-7-9-11-19)18-12-24(39-4)27(41-6)25(13-18)40-5/h7-16H,17H2,1-6H3,(H,31,35)/b30-16+. The minimum Gasteiger partial charge on any atom is -0.496 e. The first-order chi connectivity index (χ1) is 20.5. The lowest BCUT2D eigenvalue weighted by Crippen LogP contribution is -2.20. The number of thioether (sulfide) groups is 1. The van der Waals surface area contributed by atoms with E-state index in [2.05, 4.69) is 20.7 Å². The maximum Gasteiger partial charge on any atom is 0.250 e. The van der Waals surface area contributed by atoms with Gasteiger partial charge in [-0.05, 0) is 24.3 Å². The molecule has 0 bridgehead atoms. The van der Waals surface area contributed by atoms with Crippen molar-refractivity contribution < 1.29 is 33.2 Å². The zero-order valence-corrected chi connectivity index (χ0v) is 24.9. The molecule has 1 heterocycles. The quantitative estimate of drug-likeness (QED) is 0.137. The van der Waals surface area contributed by atoms with Crippen LogP contribution in [0.25, 0.3) is 17.1 Å². The molecule has 0 spiro atoms. The van der Waals surface area contributed by atoms with Crippen molar-refractivity contribution in [3.8, 4) is 51.6 Å². The third-order valence-corrected chi connectivity index (χ3v) is 6.97. The van der Waals surface area contributed by atoms with Gasteiger partial charge in [0.2, 0.25) is 5.75 Å². The van der Waals surface area contributed by atoms with E-state index >= 15 is 0 Å². The van der Waals surface area contributed by atoms with Gasteiger partial charge in [0, 0.05) is 23.4 Å². The average molecular weight is 594 g/mol. The molecular formula is C29H31N5O7S. The molecule has 0 aliphatic heterocycles. The number of aromatic nitrogens is 3. The second-order valence-electron chi connectivity index (χ2n) is 8.42. The number of rotatable bonds is 13. The Morgan fingerprint density at radius 3 is 2.00 bits per heavy atom. The fourth-order valence-electron chi connectivity index (χ4n) is 4.06. The summed E-state index contributed by atoms with van der Waals surface area (Å²) in [6.45, 7) is 0. The molecule has 1 N–H and O–H groups in total. The first kappa shape index (κ1) is 30.1. The predicted octanol–water partition coefficient (Wildman–Crippen LogP) is 4.23. The molecule has 0 aliphatic rings. The van der Waals surface area contributed by atoms with E-state index in [0.717, 1.165) is 5.69 Å². The van der Waals surface area contributed by atoms with E-state index in [1.165, 1.54) is 32.2 Å². The first-order valence-electron chi connectivity index (χ1n) is 12.5. The number of amides is 1. The Morgan fingerprint density at radius 1 is 0.833 bits per heavy atom. The summed E-state index contributed by atoms with van der Waals surface area (Å²) >= 11 is 1.21. The highest BCUT2D eigenvalue weighted by atomic mass is 32.2. The van der Waals surface area contributed by atoms with E-state index < -0.39 is 0 Å². The topological polar surface area (TPSA) is 128 Å². The number of carbonyl (C=O) groups is 1. The number of carbonyl (C=O) groups excluding carboxylic acids is 1. The van der Waals surface area contributed by atoms with Gasteiger partial charge in [-0.15, -0.1) is 10.2 Å². The number of hydrazone groups is 1.